The van der Waals surface area contributed by atoms with E-state index in [-0.39, 0.29) is 29.6 Å². The smallest absolute Gasteiger partial charge is 0.303 e. The summed E-state index contributed by atoms with van der Waals surface area (Å²) in [7, 11) is -4.07. The highest BCUT2D eigenvalue weighted by molar-refractivity contribution is 7.90. The molecule has 3 aromatic carbocycles. The SMILES string of the molecule is CC(C)Oc1ccc2c(c1)c(CCC(=O)O)cn2S(=O)(=O)c1ccccc1Oc1ccccc1. The van der Waals surface area contributed by atoms with Crippen molar-refractivity contribution in [1.82, 2.24) is 3.97 Å². The molecule has 4 aromatic rings. The lowest BCUT2D eigenvalue weighted by Crippen LogP contribution is -2.13. The fourth-order valence-electron chi connectivity index (χ4n) is 3.70. The number of aliphatic carboxylic acids is 1. The summed E-state index contributed by atoms with van der Waals surface area (Å²) in [5, 5.41) is 9.80. The molecule has 0 aliphatic heterocycles. The van der Waals surface area contributed by atoms with Crippen molar-refractivity contribution in [1.29, 1.82) is 0 Å². The molecule has 7 nitrogen and oxygen atoms in total. The minimum atomic E-state index is -4.07. The molecule has 4 rings (SSSR count). The summed E-state index contributed by atoms with van der Waals surface area (Å²) in [6, 6.07) is 20.5. The maximum absolute atomic E-state index is 13.8. The highest BCUT2D eigenvalue weighted by Gasteiger charge is 2.25. The number of benzene rings is 3. The third-order valence-electron chi connectivity index (χ3n) is 5.16. The van der Waals surface area contributed by atoms with Crippen molar-refractivity contribution in [2.45, 2.75) is 37.7 Å². The van der Waals surface area contributed by atoms with Crippen LogP contribution in [0.1, 0.15) is 25.8 Å². The Labute approximate surface area is 198 Å². The molecule has 1 aromatic heterocycles. The maximum atomic E-state index is 13.8. The van der Waals surface area contributed by atoms with E-state index in [0.717, 1.165) is 0 Å². The van der Waals surface area contributed by atoms with E-state index in [1.165, 1.54) is 16.2 Å². The summed E-state index contributed by atoms with van der Waals surface area (Å²) in [5.41, 5.74) is 1.04. The van der Waals surface area contributed by atoms with E-state index in [1.54, 1.807) is 60.7 Å². The van der Waals surface area contributed by atoms with Crippen LogP contribution in [-0.2, 0) is 21.2 Å². The molecule has 0 fully saturated rings. The van der Waals surface area contributed by atoms with Gasteiger partial charge >= 0.3 is 5.97 Å². The number of rotatable bonds is 9. The number of aromatic nitrogens is 1. The standard InChI is InChI=1S/C26H25NO6S/c1-18(2)32-21-13-14-23-22(16-21)19(12-15-26(28)29)17-27(23)34(30,31)25-11-7-6-10-24(25)33-20-8-4-3-5-9-20/h3-11,13-14,16-18H,12,15H2,1-2H3,(H,28,29). The number of nitrogens with zero attached hydrogens (tertiary/aromatic N) is 1. The Morgan fingerprint density at radius 3 is 2.38 bits per heavy atom. The minimum absolute atomic E-state index is 0.00282. The lowest BCUT2D eigenvalue weighted by atomic mass is 10.1. The highest BCUT2D eigenvalue weighted by atomic mass is 32.2. The van der Waals surface area contributed by atoms with E-state index in [9.17, 15) is 18.3 Å². The predicted molar refractivity (Wildman–Crippen MR) is 129 cm³/mol. The predicted octanol–water partition coefficient (Wildman–Crippen LogP) is 5.48. The summed E-state index contributed by atoms with van der Waals surface area (Å²) >= 11 is 0. The molecule has 0 spiro atoms. The molecule has 0 bridgehead atoms. The van der Waals surface area contributed by atoms with Gasteiger partial charge in [-0.25, -0.2) is 12.4 Å². The summed E-state index contributed by atoms with van der Waals surface area (Å²) in [5.74, 6) is 0.338. The minimum Gasteiger partial charge on any atom is -0.491 e. The molecule has 8 heteroatoms. The number of carbonyl (C=O) groups is 1. The average molecular weight is 480 g/mol. The quantitative estimate of drug-likeness (QED) is 0.342. The van der Waals surface area contributed by atoms with Crippen LogP contribution in [0.4, 0.5) is 0 Å². The van der Waals surface area contributed by atoms with Crippen molar-refractivity contribution in [2.24, 2.45) is 0 Å². The van der Waals surface area contributed by atoms with Gasteiger partial charge in [-0.3, -0.25) is 4.79 Å². The normalized spacial score (nSPS) is 11.6. The first-order valence-electron chi connectivity index (χ1n) is 10.9. The lowest BCUT2D eigenvalue weighted by Gasteiger charge is -2.13. The molecule has 1 heterocycles. The Bertz CT molecular complexity index is 1420. The van der Waals surface area contributed by atoms with Gasteiger partial charge in [0, 0.05) is 18.0 Å². The Kier molecular flexibility index (Phi) is 6.61. The molecule has 1 N–H and O–H groups in total. The lowest BCUT2D eigenvalue weighted by molar-refractivity contribution is -0.136. The molecule has 0 atom stereocenters. The van der Waals surface area contributed by atoms with Gasteiger partial charge in [-0.15, -0.1) is 0 Å². The number of ether oxygens (including phenoxy) is 2. The number of para-hydroxylation sites is 2. The summed E-state index contributed by atoms with van der Waals surface area (Å²) in [4.78, 5) is 11.2. The van der Waals surface area contributed by atoms with Crippen LogP contribution in [0.25, 0.3) is 10.9 Å². The zero-order valence-corrected chi connectivity index (χ0v) is 19.7. The summed E-state index contributed by atoms with van der Waals surface area (Å²) in [6.07, 6.45) is 1.48. The van der Waals surface area contributed by atoms with Crippen LogP contribution >= 0.6 is 0 Å². The summed E-state index contributed by atoms with van der Waals surface area (Å²) in [6.45, 7) is 3.80. The highest BCUT2D eigenvalue weighted by Crippen LogP contribution is 2.34. The Hall–Kier alpha value is -3.78. The molecule has 0 saturated heterocycles. The van der Waals surface area contributed by atoms with Gasteiger partial charge in [-0.05, 0) is 68.3 Å². The Morgan fingerprint density at radius 1 is 0.971 bits per heavy atom. The van der Waals surface area contributed by atoms with Crippen LogP contribution in [0.3, 0.4) is 0 Å². The van der Waals surface area contributed by atoms with Crippen LogP contribution in [-0.4, -0.2) is 29.6 Å². The number of fused-ring (bicyclic) bond motifs is 1. The van der Waals surface area contributed by atoms with Gasteiger partial charge in [0.15, 0.2) is 0 Å². The van der Waals surface area contributed by atoms with Gasteiger partial charge in [-0.1, -0.05) is 30.3 Å². The van der Waals surface area contributed by atoms with Gasteiger partial charge in [-0.2, -0.15) is 0 Å². The van der Waals surface area contributed by atoms with Crippen molar-refractivity contribution < 1.29 is 27.8 Å². The van der Waals surface area contributed by atoms with Crippen LogP contribution in [0, 0.1) is 0 Å². The van der Waals surface area contributed by atoms with E-state index in [4.69, 9.17) is 9.47 Å². The molecule has 0 saturated carbocycles. The second kappa shape index (κ2) is 9.61. The van der Waals surface area contributed by atoms with E-state index in [2.05, 4.69) is 0 Å². The number of aryl methyl sites for hydroxylation is 1. The number of hydrogen-bond donors (Lipinski definition) is 1. The zero-order valence-electron chi connectivity index (χ0n) is 18.8. The molecule has 0 unspecified atom stereocenters. The van der Waals surface area contributed by atoms with Gasteiger partial charge in [0.2, 0.25) is 0 Å². The molecule has 0 aliphatic carbocycles. The third-order valence-corrected chi connectivity index (χ3v) is 6.87. The first kappa shape index (κ1) is 23.4. The largest absolute Gasteiger partial charge is 0.491 e. The maximum Gasteiger partial charge on any atom is 0.303 e. The van der Waals surface area contributed by atoms with E-state index >= 15 is 0 Å². The second-order valence-electron chi connectivity index (χ2n) is 8.06. The van der Waals surface area contributed by atoms with Gasteiger partial charge in [0.25, 0.3) is 10.0 Å². The van der Waals surface area contributed by atoms with Crippen LogP contribution in [0.5, 0.6) is 17.2 Å². The Balaban J connectivity index is 1.83. The number of carboxylic acid groups (broad SMARTS) is 1. The summed E-state index contributed by atoms with van der Waals surface area (Å²) < 4.78 is 40.5. The molecule has 0 amide bonds. The topological polar surface area (TPSA) is 94.8 Å². The third kappa shape index (κ3) is 4.92. The molecular weight excluding hydrogens is 454 g/mol. The fraction of sp³-hybridized carbons (Fsp3) is 0.192. The van der Waals surface area contributed by atoms with Crippen molar-refractivity contribution >= 4 is 26.9 Å². The van der Waals surface area contributed by atoms with Crippen LogP contribution in [0.15, 0.2) is 83.9 Å². The van der Waals surface area contributed by atoms with Crippen LogP contribution < -0.4 is 9.47 Å². The van der Waals surface area contributed by atoms with Crippen molar-refractivity contribution in [3.05, 3.63) is 84.6 Å². The van der Waals surface area contributed by atoms with Crippen molar-refractivity contribution in [2.75, 3.05) is 0 Å². The number of hydrogen-bond acceptors (Lipinski definition) is 5. The first-order valence-corrected chi connectivity index (χ1v) is 12.3. The van der Waals surface area contributed by atoms with Gasteiger partial charge < -0.3 is 14.6 Å². The van der Waals surface area contributed by atoms with E-state index in [1.807, 2.05) is 19.9 Å². The molecule has 0 aliphatic rings. The molecule has 176 valence electrons. The van der Waals surface area contributed by atoms with E-state index < -0.39 is 16.0 Å². The molecular formula is C26H25NO6S. The monoisotopic (exact) mass is 479 g/mol. The molecule has 34 heavy (non-hydrogen) atoms. The first-order chi connectivity index (χ1) is 16.3. The van der Waals surface area contributed by atoms with Crippen LogP contribution in [0.2, 0.25) is 0 Å². The zero-order chi connectivity index (χ0) is 24.3. The number of carboxylic acids is 1. The average Bonchev–Trinajstić information content (AvgIpc) is 3.17. The van der Waals surface area contributed by atoms with Crippen molar-refractivity contribution in [3.63, 3.8) is 0 Å². The fourth-order valence-corrected chi connectivity index (χ4v) is 5.21. The van der Waals surface area contributed by atoms with Gasteiger partial charge in [0.1, 0.15) is 22.1 Å². The van der Waals surface area contributed by atoms with E-state index in [0.29, 0.717) is 28.0 Å². The van der Waals surface area contributed by atoms with Crippen molar-refractivity contribution in [3.8, 4) is 17.2 Å². The second-order valence-corrected chi connectivity index (χ2v) is 9.84. The van der Waals surface area contributed by atoms with Gasteiger partial charge in [0.05, 0.1) is 11.6 Å². The molecule has 0 radical (unpaired) electrons. The Morgan fingerprint density at radius 2 is 1.68 bits per heavy atom.